The average Bonchev–Trinajstić information content (AvgIpc) is 2.25. The quantitative estimate of drug-likeness (QED) is 0.665. The first-order valence-electron chi connectivity index (χ1n) is 5.78. The van der Waals surface area contributed by atoms with E-state index in [-0.39, 0.29) is 12.7 Å². The van der Waals surface area contributed by atoms with Gasteiger partial charge in [0, 0.05) is 6.61 Å². The predicted octanol–water partition coefficient (Wildman–Crippen LogP) is 2.26. The lowest BCUT2D eigenvalue weighted by Crippen LogP contribution is -2.22. The van der Waals surface area contributed by atoms with E-state index in [1.54, 1.807) is 0 Å². The van der Waals surface area contributed by atoms with Crippen LogP contribution in [0.4, 0.5) is 0 Å². The van der Waals surface area contributed by atoms with Gasteiger partial charge in [-0.25, -0.2) is 0 Å². The van der Waals surface area contributed by atoms with Gasteiger partial charge in [-0.2, -0.15) is 0 Å². The third kappa shape index (κ3) is 4.25. The molecule has 14 heavy (non-hydrogen) atoms. The Hall–Kier alpha value is -0.340. The highest BCUT2D eigenvalue weighted by Crippen LogP contribution is 2.27. The van der Waals surface area contributed by atoms with Gasteiger partial charge in [0.2, 0.25) is 0 Å². The first-order chi connectivity index (χ1) is 6.84. The van der Waals surface area contributed by atoms with Gasteiger partial charge in [0.15, 0.2) is 0 Å². The molecule has 1 aliphatic rings. The zero-order chi connectivity index (χ0) is 10.2. The fourth-order valence-electron chi connectivity index (χ4n) is 2.14. The first kappa shape index (κ1) is 11.7. The van der Waals surface area contributed by atoms with Crippen LogP contribution >= 0.6 is 0 Å². The highest BCUT2D eigenvalue weighted by molar-refractivity contribution is 4.86. The molecule has 0 aromatic rings. The molecule has 1 fully saturated rings. The summed E-state index contributed by atoms with van der Waals surface area (Å²) in [7, 11) is 0. The number of aliphatic hydroxyl groups is 2. The number of hydrogen-bond acceptors (Lipinski definition) is 2. The second kappa shape index (κ2) is 7.02. The molecule has 2 heteroatoms. The van der Waals surface area contributed by atoms with E-state index in [0.29, 0.717) is 12.3 Å². The van der Waals surface area contributed by atoms with Gasteiger partial charge in [-0.15, -0.1) is 0 Å². The van der Waals surface area contributed by atoms with Crippen molar-refractivity contribution in [2.45, 2.75) is 51.0 Å². The van der Waals surface area contributed by atoms with E-state index < -0.39 is 0 Å². The fourth-order valence-corrected chi connectivity index (χ4v) is 2.14. The smallest absolute Gasteiger partial charge is 0.0602 e. The highest BCUT2D eigenvalue weighted by Gasteiger charge is 2.20. The van der Waals surface area contributed by atoms with E-state index in [1.165, 1.54) is 32.1 Å². The number of rotatable bonds is 5. The SMILES string of the molecule is OCC/C=C/CC(O)C1CCCCC1. The molecular weight excluding hydrogens is 176 g/mol. The van der Waals surface area contributed by atoms with Crippen LogP contribution in [0.2, 0.25) is 0 Å². The molecule has 0 amide bonds. The molecule has 1 saturated carbocycles. The summed E-state index contributed by atoms with van der Waals surface area (Å²) in [6.45, 7) is 0.204. The lowest BCUT2D eigenvalue weighted by atomic mass is 9.84. The molecule has 1 aliphatic carbocycles. The standard InChI is InChI=1S/C12H22O2/c13-10-6-2-5-9-12(14)11-7-3-1-4-8-11/h2,5,11-14H,1,3-4,6-10H2/b5-2+. The van der Waals surface area contributed by atoms with E-state index >= 15 is 0 Å². The molecular formula is C12H22O2. The molecule has 0 aromatic carbocycles. The lowest BCUT2D eigenvalue weighted by molar-refractivity contribution is 0.0873. The van der Waals surface area contributed by atoms with Gasteiger partial charge in [0.05, 0.1) is 6.10 Å². The van der Waals surface area contributed by atoms with E-state index in [9.17, 15) is 5.11 Å². The van der Waals surface area contributed by atoms with Crippen molar-refractivity contribution in [2.75, 3.05) is 6.61 Å². The van der Waals surface area contributed by atoms with Crippen LogP contribution in [0, 0.1) is 5.92 Å². The third-order valence-electron chi connectivity index (χ3n) is 3.03. The minimum absolute atomic E-state index is 0.162. The van der Waals surface area contributed by atoms with Crippen molar-refractivity contribution < 1.29 is 10.2 Å². The van der Waals surface area contributed by atoms with Crippen molar-refractivity contribution >= 4 is 0 Å². The normalized spacial score (nSPS) is 21.6. The van der Waals surface area contributed by atoms with Crippen LogP contribution in [0.3, 0.4) is 0 Å². The van der Waals surface area contributed by atoms with Crippen molar-refractivity contribution in [3.63, 3.8) is 0 Å². The zero-order valence-electron chi connectivity index (χ0n) is 8.86. The summed E-state index contributed by atoms with van der Waals surface area (Å²) >= 11 is 0. The first-order valence-corrected chi connectivity index (χ1v) is 5.78. The maximum absolute atomic E-state index is 9.86. The Morgan fingerprint density at radius 1 is 1.14 bits per heavy atom. The van der Waals surface area contributed by atoms with Crippen LogP contribution in [0.1, 0.15) is 44.9 Å². The van der Waals surface area contributed by atoms with Gasteiger partial charge in [-0.3, -0.25) is 0 Å². The molecule has 1 atom stereocenters. The number of aliphatic hydroxyl groups excluding tert-OH is 2. The minimum Gasteiger partial charge on any atom is -0.396 e. The molecule has 0 bridgehead atoms. The van der Waals surface area contributed by atoms with E-state index in [1.807, 2.05) is 12.2 Å². The summed E-state index contributed by atoms with van der Waals surface area (Å²) in [5.41, 5.74) is 0. The van der Waals surface area contributed by atoms with Gasteiger partial charge in [-0.1, -0.05) is 31.4 Å². The number of hydrogen-bond donors (Lipinski definition) is 2. The predicted molar refractivity (Wildman–Crippen MR) is 58.0 cm³/mol. The van der Waals surface area contributed by atoms with Crippen molar-refractivity contribution in [3.05, 3.63) is 12.2 Å². The van der Waals surface area contributed by atoms with Crippen LogP contribution in [0.25, 0.3) is 0 Å². The Bertz CT molecular complexity index is 160. The second-order valence-electron chi connectivity index (χ2n) is 4.18. The molecule has 1 rings (SSSR count). The van der Waals surface area contributed by atoms with Crippen molar-refractivity contribution in [1.82, 2.24) is 0 Å². The monoisotopic (exact) mass is 198 g/mol. The van der Waals surface area contributed by atoms with Gasteiger partial charge >= 0.3 is 0 Å². The summed E-state index contributed by atoms with van der Waals surface area (Å²) in [5.74, 6) is 0.516. The van der Waals surface area contributed by atoms with E-state index in [2.05, 4.69) is 0 Å². The molecule has 0 aromatic heterocycles. The van der Waals surface area contributed by atoms with Gasteiger partial charge < -0.3 is 10.2 Å². The van der Waals surface area contributed by atoms with Crippen molar-refractivity contribution in [3.8, 4) is 0 Å². The second-order valence-corrected chi connectivity index (χ2v) is 4.18. The molecule has 2 N–H and O–H groups in total. The Labute approximate surface area is 86.6 Å². The summed E-state index contributed by atoms with van der Waals surface area (Å²) in [5, 5.41) is 18.4. The molecule has 1 unspecified atom stereocenters. The van der Waals surface area contributed by atoms with Crippen LogP contribution in [-0.2, 0) is 0 Å². The fraction of sp³-hybridized carbons (Fsp3) is 0.833. The van der Waals surface area contributed by atoms with Crippen LogP contribution < -0.4 is 0 Å². The zero-order valence-corrected chi connectivity index (χ0v) is 8.86. The minimum atomic E-state index is -0.162. The summed E-state index contributed by atoms with van der Waals surface area (Å²) < 4.78 is 0. The molecule has 0 aliphatic heterocycles. The molecule has 2 nitrogen and oxygen atoms in total. The van der Waals surface area contributed by atoms with Gasteiger partial charge in [0.25, 0.3) is 0 Å². The summed E-state index contributed by atoms with van der Waals surface area (Å²) in [4.78, 5) is 0. The van der Waals surface area contributed by atoms with Crippen LogP contribution in [-0.4, -0.2) is 22.9 Å². The Morgan fingerprint density at radius 2 is 1.86 bits per heavy atom. The average molecular weight is 198 g/mol. The molecule has 0 radical (unpaired) electrons. The van der Waals surface area contributed by atoms with Crippen LogP contribution in [0.15, 0.2) is 12.2 Å². The van der Waals surface area contributed by atoms with Gasteiger partial charge in [0.1, 0.15) is 0 Å². The van der Waals surface area contributed by atoms with Gasteiger partial charge in [-0.05, 0) is 31.6 Å². The summed E-state index contributed by atoms with van der Waals surface area (Å²) in [6, 6.07) is 0. The third-order valence-corrected chi connectivity index (χ3v) is 3.03. The van der Waals surface area contributed by atoms with Crippen molar-refractivity contribution in [2.24, 2.45) is 5.92 Å². The molecule has 0 heterocycles. The van der Waals surface area contributed by atoms with Crippen LogP contribution in [0.5, 0.6) is 0 Å². The maximum Gasteiger partial charge on any atom is 0.0602 e. The van der Waals surface area contributed by atoms with E-state index in [0.717, 1.165) is 6.42 Å². The Kier molecular flexibility index (Phi) is 5.88. The lowest BCUT2D eigenvalue weighted by Gasteiger charge is -2.25. The topological polar surface area (TPSA) is 40.5 Å². The largest absolute Gasteiger partial charge is 0.396 e. The van der Waals surface area contributed by atoms with E-state index in [4.69, 9.17) is 5.11 Å². The molecule has 0 spiro atoms. The Balaban J connectivity index is 2.16. The Morgan fingerprint density at radius 3 is 2.50 bits per heavy atom. The molecule has 0 saturated heterocycles. The maximum atomic E-state index is 9.86. The van der Waals surface area contributed by atoms with Crippen molar-refractivity contribution in [1.29, 1.82) is 0 Å². The summed E-state index contributed by atoms with van der Waals surface area (Å²) in [6.07, 6.45) is 11.5. The molecule has 82 valence electrons. The highest BCUT2D eigenvalue weighted by atomic mass is 16.3.